The van der Waals surface area contributed by atoms with Crippen molar-refractivity contribution < 1.29 is 18.3 Å². The average Bonchev–Trinajstić information content (AvgIpc) is 2.85. The topological polar surface area (TPSA) is 9.23 Å². The summed E-state index contributed by atoms with van der Waals surface area (Å²) in [4.78, 5) is 0. The minimum atomic E-state index is -3.17. The van der Waals surface area contributed by atoms with Gasteiger partial charge in [-0.1, -0.05) is 0 Å². The smallest absolute Gasteiger partial charge is 0.147 e. The van der Waals surface area contributed by atoms with Crippen molar-refractivity contribution in [3.63, 3.8) is 0 Å². The summed E-state index contributed by atoms with van der Waals surface area (Å²) in [5.74, 6) is 1.70. The van der Waals surface area contributed by atoms with Crippen molar-refractivity contribution >= 4 is 32.9 Å². The van der Waals surface area contributed by atoms with Gasteiger partial charge in [0.1, 0.15) is 0 Å². The summed E-state index contributed by atoms with van der Waals surface area (Å²) in [5, 5.41) is 5.04. The molecule has 1 aliphatic carbocycles. The number of allylic oxidation sites excluding steroid dienone is 4. The van der Waals surface area contributed by atoms with Gasteiger partial charge in [0, 0.05) is 0 Å². The number of benzene rings is 1. The zero-order valence-electron chi connectivity index (χ0n) is 22.2. The molecule has 0 bridgehead atoms. The summed E-state index contributed by atoms with van der Waals surface area (Å²) in [6, 6.07) is 7.20. The van der Waals surface area contributed by atoms with E-state index in [1.165, 1.54) is 73.6 Å². The van der Waals surface area contributed by atoms with E-state index in [9.17, 15) is 0 Å². The van der Waals surface area contributed by atoms with Crippen LogP contribution in [0, 0.1) is 5.92 Å². The molecule has 0 aromatic heterocycles. The molecule has 1 atom stereocenters. The van der Waals surface area contributed by atoms with Gasteiger partial charge in [0.2, 0.25) is 0 Å². The number of unbranched alkanes of at least 4 members (excludes halogenated alkanes) is 4. The maximum Gasteiger partial charge on any atom is -0.147 e. The van der Waals surface area contributed by atoms with Gasteiger partial charge < -0.3 is 0 Å². The van der Waals surface area contributed by atoms with Crippen molar-refractivity contribution in [3.05, 3.63) is 49.9 Å². The van der Waals surface area contributed by atoms with Gasteiger partial charge in [-0.15, -0.1) is 24.8 Å². The first kappa shape index (κ1) is 32.0. The fourth-order valence-electron chi connectivity index (χ4n) is 5.44. The molecule has 1 unspecified atom stereocenters. The molecule has 0 saturated carbocycles. The zero-order valence-corrected chi connectivity index (χ0v) is 27.4. The standard InChI is InChI=1S/C16H26O.C9H13.2CH3.2ClH.H3Si.Ti/c1-3-5-7-9-14-11-15(10-8-6-4-2)13-16(17)12-14;1-6-5-7(2)9(4)8(6)3;;;;;;/h11-13,17H,3-10H2,1-2H3;6H,1-4H3;2*1H3;2*1H;1H3;/q;;;;;;;+1/p-1. The fraction of sp³-hybridized carbons (Fsp3) is 0.630. The third-order valence-electron chi connectivity index (χ3n) is 7.20. The van der Waals surface area contributed by atoms with Crippen molar-refractivity contribution in [1.82, 2.24) is 0 Å². The van der Waals surface area contributed by atoms with Crippen molar-refractivity contribution in [2.75, 3.05) is 0 Å². The third-order valence-corrected chi connectivity index (χ3v) is 15.9. The van der Waals surface area contributed by atoms with Crippen LogP contribution in [-0.4, -0.2) is 8.11 Å². The van der Waals surface area contributed by atoms with Crippen LogP contribution in [0.2, 0.25) is 10.5 Å². The van der Waals surface area contributed by atoms with Gasteiger partial charge >= 0.3 is 191 Å². The van der Waals surface area contributed by atoms with Crippen LogP contribution in [0.3, 0.4) is 0 Å². The van der Waals surface area contributed by atoms with Gasteiger partial charge in [0.05, 0.1) is 0 Å². The number of aryl methyl sites for hydroxylation is 2. The Balaban J connectivity index is 0.00000480. The van der Waals surface area contributed by atoms with Gasteiger partial charge in [-0.2, -0.15) is 0 Å². The van der Waals surface area contributed by atoms with Crippen LogP contribution in [0.25, 0.3) is 0 Å². The van der Waals surface area contributed by atoms with E-state index in [-0.39, 0.29) is 24.8 Å². The van der Waals surface area contributed by atoms with Crippen molar-refractivity contribution in [2.45, 2.75) is 103 Å². The van der Waals surface area contributed by atoms with Crippen LogP contribution >= 0.6 is 24.8 Å². The van der Waals surface area contributed by atoms with Crippen LogP contribution in [0.15, 0.2) is 38.8 Å². The van der Waals surface area contributed by atoms with E-state index >= 15 is 0 Å². The monoisotopic (exact) mass is 535 g/mol. The van der Waals surface area contributed by atoms with Gasteiger partial charge in [-0.25, -0.2) is 0 Å². The Bertz CT molecular complexity index is 792. The minimum absolute atomic E-state index is 0. The predicted molar refractivity (Wildman–Crippen MR) is 150 cm³/mol. The Kier molecular flexibility index (Phi) is 13.2. The Morgan fingerprint density at radius 1 is 0.812 bits per heavy atom. The average molecular weight is 537 g/mol. The van der Waals surface area contributed by atoms with Gasteiger partial charge in [0.15, 0.2) is 0 Å². The van der Waals surface area contributed by atoms with Crippen LogP contribution in [0.4, 0.5) is 0 Å². The first-order chi connectivity index (χ1) is 14.0. The zero-order chi connectivity index (χ0) is 22.6. The largest absolute Gasteiger partial charge is 0.147 e. The molecule has 0 saturated heterocycles. The summed E-state index contributed by atoms with van der Waals surface area (Å²) in [6.07, 6.45) is 10.1. The molecule has 1 aliphatic rings. The van der Waals surface area contributed by atoms with E-state index in [2.05, 4.69) is 70.2 Å². The first-order valence-corrected chi connectivity index (χ1v) is 22.6. The van der Waals surface area contributed by atoms with E-state index in [0.29, 0.717) is 5.92 Å². The molecule has 1 aromatic rings. The minimum Gasteiger partial charge on any atom is -0.147 e. The van der Waals surface area contributed by atoms with Gasteiger partial charge in [-0.05, 0) is 0 Å². The maximum atomic E-state index is 7.17. The Hall–Kier alpha value is 0.0112. The Labute approximate surface area is 215 Å². The van der Waals surface area contributed by atoms with Gasteiger partial charge in [0.25, 0.3) is 0 Å². The molecule has 0 spiro atoms. The second-order valence-corrected chi connectivity index (χ2v) is 33.4. The van der Waals surface area contributed by atoms with Crippen LogP contribution < -0.4 is 3.32 Å². The molecule has 0 radical (unpaired) electrons. The van der Waals surface area contributed by atoms with Crippen molar-refractivity contribution in [2.24, 2.45) is 5.92 Å². The number of hydrogen-bond donors (Lipinski definition) is 0. The van der Waals surface area contributed by atoms with E-state index in [1.54, 1.807) is 9.45 Å². The molecule has 0 aliphatic heterocycles. The number of rotatable bonds is 11. The van der Waals surface area contributed by atoms with Gasteiger partial charge in [-0.3, -0.25) is 0 Å². The molecule has 1 aromatic carbocycles. The Morgan fingerprint density at radius 3 is 1.66 bits per heavy atom. The molecule has 0 heterocycles. The number of hydrogen-bond acceptors (Lipinski definition) is 1. The quantitative estimate of drug-likeness (QED) is 0.203. The summed E-state index contributed by atoms with van der Waals surface area (Å²) in [6.45, 7) is 13.9. The Morgan fingerprint density at radius 2 is 1.28 bits per heavy atom. The molecular weight excluding hydrogens is 487 g/mol. The third kappa shape index (κ3) is 8.05. The van der Waals surface area contributed by atoms with E-state index in [1.807, 2.05) is 0 Å². The van der Waals surface area contributed by atoms with E-state index in [4.69, 9.17) is 3.32 Å². The molecule has 1 nitrogen and oxygen atoms in total. The SMILES string of the molecule is CCCCCc1cc(CCCCC)cc([O][Ti]([CH3])([CH3])([SiH3])[C]2=C(C)C(C)=C(C)C2C)c1.Cl.Cl. The second-order valence-electron chi connectivity index (χ2n) is 11.0. The molecular formula is C27H49Cl2OSiTi. The van der Waals surface area contributed by atoms with Crippen LogP contribution in [-0.2, 0) is 27.8 Å². The summed E-state index contributed by atoms with van der Waals surface area (Å²) >= 11 is -3.17. The molecule has 0 amide bonds. The summed E-state index contributed by atoms with van der Waals surface area (Å²) in [7, 11) is 1.13. The van der Waals surface area contributed by atoms with Crippen LogP contribution in [0.1, 0.15) is 91.2 Å². The molecule has 0 fully saturated rings. The second kappa shape index (κ2) is 13.2. The van der Waals surface area contributed by atoms with Crippen molar-refractivity contribution in [3.8, 4) is 5.75 Å². The van der Waals surface area contributed by atoms with Crippen molar-refractivity contribution in [1.29, 1.82) is 0 Å². The predicted octanol–water partition coefficient (Wildman–Crippen LogP) is 8.62. The summed E-state index contributed by atoms with van der Waals surface area (Å²) in [5.41, 5.74) is 7.54. The molecule has 5 heteroatoms. The van der Waals surface area contributed by atoms with Crippen LogP contribution in [0.5, 0.6) is 5.75 Å². The molecule has 2 rings (SSSR count). The molecule has 185 valence electrons. The normalized spacial score (nSPS) is 17.6. The molecule has 32 heavy (non-hydrogen) atoms. The van der Waals surface area contributed by atoms with E-state index in [0.717, 1.165) is 13.9 Å². The molecule has 0 N–H and O–H groups in total. The fourth-order valence-corrected chi connectivity index (χ4v) is 16.3. The number of halogens is 2. The van der Waals surface area contributed by atoms with E-state index < -0.39 is 14.9 Å². The first-order valence-electron chi connectivity index (χ1n) is 12.4. The maximum absolute atomic E-state index is 7.17. The summed E-state index contributed by atoms with van der Waals surface area (Å²) < 4.78 is 8.85.